The highest BCUT2D eigenvalue weighted by molar-refractivity contribution is 5.84. The molecule has 0 aromatic heterocycles. The Balaban J connectivity index is 1.41. The molecule has 2 aromatic carbocycles. The SMILES string of the molecule is COc1ccccc1N1CCCC(NC(=O)CNC(=O)NCc2ccc(F)cc2)C1. The predicted octanol–water partition coefficient (Wildman–Crippen LogP) is 2.42. The molecule has 3 N–H and O–H groups in total. The first-order valence-corrected chi connectivity index (χ1v) is 9.98. The quantitative estimate of drug-likeness (QED) is 0.650. The number of carbonyl (C=O) groups is 2. The van der Waals surface area contributed by atoms with Gasteiger partial charge in [0, 0.05) is 25.7 Å². The molecule has 0 aliphatic carbocycles. The molecule has 3 rings (SSSR count). The molecule has 0 saturated carbocycles. The van der Waals surface area contributed by atoms with Crippen molar-refractivity contribution in [2.24, 2.45) is 0 Å². The van der Waals surface area contributed by atoms with Crippen molar-refractivity contribution in [1.82, 2.24) is 16.0 Å². The Hall–Kier alpha value is -3.29. The third kappa shape index (κ3) is 6.10. The highest BCUT2D eigenvalue weighted by atomic mass is 19.1. The molecule has 1 saturated heterocycles. The van der Waals surface area contributed by atoms with Gasteiger partial charge in [-0.1, -0.05) is 24.3 Å². The number of nitrogens with one attached hydrogen (secondary N) is 3. The summed E-state index contributed by atoms with van der Waals surface area (Å²) in [4.78, 5) is 26.3. The molecule has 2 aromatic rings. The number of para-hydroxylation sites is 2. The molecule has 1 atom stereocenters. The van der Waals surface area contributed by atoms with Gasteiger partial charge in [0.15, 0.2) is 0 Å². The van der Waals surface area contributed by atoms with Crippen molar-refractivity contribution in [2.75, 3.05) is 31.6 Å². The Morgan fingerprint density at radius 1 is 1.13 bits per heavy atom. The molecule has 8 heteroatoms. The second-order valence-corrected chi connectivity index (χ2v) is 7.19. The number of rotatable bonds is 7. The molecule has 1 aliphatic heterocycles. The Kier molecular flexibility index (Phi) is 7.48. The topological polar surface area (TPSA) is 82.7 Å². The van der Waals surface area contributed by atoms with Crippen LogP contribution in [0.5, 0.6) is 5.75 Å². The molecular formula is C22H27FN4O3. The number of amides is 3. The molecule has 7 nitrogen and oxygen atoms in total. The van der Waals surface area contributed by atoms with Crippen LogP contribution in [0.15, 0.2) is 48.5 Å². The third-order valence-electron chi connectivity index (χ3n) is 4.99. The van der Waals surface area contributed by atoms with Crippen molar-refractivity contribution < 1.29 is 18.7 Å². The minimum atomic E-state index is -0.450. The van der Waals surface area contributed by atoms with E-state index < -0.39 is 6.03 Å². The van der Waals surface area contributed by atoms with Gasteiger partial charge >= 0.3 is 6.03 Å². The zero-order chi connectivity index (χ0) is 21.3. The first-order valence-electron chi connectivity index (χ1n) is 9.98. The van der Waals surface area contributed by atoms with E-state index in [0.29, 0.717) is 6.54 Å². The van der Waals surface area contributed by atoms with E-state index in [9.17, 15) is 14.0 Å². The summed E-state index contributed by atoms with van der Waals surface area (Å²) in [5, 5.41) is 8.17. The number of ether oxygens (including phenoxy) is 1. The molecule has 160 valence electrons. The lowest BCUT2D eigenvalue weighted by Gasteiger charge is -2.35. The highest BCUT2D eigenvalue weighted by Gasteiger charge is 2.23. The number of anilines is 1. The molecule has 30 heavy (non-hydrogen) atoms. The Morgan fingerprint density at radius 2 is 1.90 bits per heavy atom. The van der Waals surface area contributed by atoms with Gasteiger partial charge in [0.25, 0.3) is 0 Å². The number of piperidine rings is 1. The molecule has 1 aliphatic rings. The van der Waals surface area contributed by atoms with E-state index in [1.54, 1.807) is 19.2 Å². The van der Waals surface area contributed by atoms with Crippen molar-refractivity contribution in [3.63, 3.8) is 0 Å². The van der Waals surface area contributed by atoms with E-state index in [0.717, 1.165) is 36.4 Å². The highest BCUT2D eigenvalue weighted by Crippen LogP contribution is 2.29. The molecule has 1 unspecified atom stereocenters. The van der Waals surface area contributed by atoms with Gasteiger partial charge in [-0.05, 0) is 42.7 Å². The van der Waals surface area contributed by atoms with E-state index in [4.69, 9.17) is 4.74 Å². The number of benzene rings is 2. The standard InChI is InChI=1S/C22H27FN4O3/c1-30-20-7-3-2-6-19(20)27-12-4-5-18(15-27)26-21(28)14-25-22(29)24-13-16-8-10-17(23)11-9-16/h2-3,6-11,18H,4-5,12-15H2,1H3,(H,26,28)(H2,24,25,29). The maximum absolute atomic E-state index is 12.9. The number of halogens is 1. The van der Waals surface area contributed by atoms with Gasteiger partial charge in [-0.15, -0.1) is 0 Å². The Morgan fingerprint density at radius 3 is 2.67 bits per heavy atom. The number of methoxy groups -OCH3 is 1. The number of carbonyl (C=O) groups excluding carboxylic acids is 2. The van der Waals surface area contributed by atoms with Gasteiger partial charge in [0.1, 0.15) is 11.6 Å². The minimum Gasteiger partial charge on any atom is -0.495 e. The summed E-state index contributed by atoms with van der Waals surface area (Å²) >= 11 is 0. The minimum absolute atomic E-state index is 0.000221. The summed E-state index contributed by atoms with van der Waals surface area (Å²) in [5.41, 5.74) is 1.78. The number of hydrogen-bond donors (Lipinski definition) is 3. The van der Waals surface area contributed by atoms with Crippen LogP contribution in [0.4, 0.5) is 14.9 Å². The fourth-order valence-corrected chi connectivity index (χ4v) is 3.49. The van der Waals surface area contributed by atoms with Gasteiger partial charge in [0.2, 0.25) is 5.91 Å². The van der Waals surface area contributed by atoms with E-state index in [1.165, 1.54) is 12.1 Å². The van der Waals surface area contributed by atoms with Crippen LogP contribution in [0.2, 0.25) is 0 Å². The van der Waals surface area contributed by atoms with Crippen molar-refractivity contribution in [3.8, 4) is 5.75 Å². The summed E-state index contributed by atoms with van der Waals surface area (Å²) in [6, 6.07) is 13.2. The third-order valence-corrected chi connectivity index (χ3v) is 4.99. The average Bonchev–Trinajstić information content (AvgIpc) is 2.77. The number of nitrogens with zero attached hydrogens (tertiary/aromatic N) is 1. The second kappa shape index (κ2) is 10.5. The van der Waals surface area contributed by atoms with Crippen LogP contribution in [0.25, 0.3) is 0 Å². The van der Waals surface area contributed by atoms with Gasteiger partial charge in [0.05, 0.1) is 19.3 Å². The molecule has 0 radical (unpaired) electrons. The largest absolute Gasteiger partial charge is 0.495 e. The molecule has 3 amide bonds. The zero-order valence-corrected chi connectivity index (χ0v) is 17.0. The lowest BCUT2D eigenvalue weighted by molar-refractivity contribution is -0.120. The zero-order valence-electron chi connectivity index (χ0n) is 17.0. The summed E-state index contributed by atoms with van der Waals surface area (Å²) < 4.78 is 18.3. The summed E-state index contributed by atoms with van der Waals surface area (Å²) in [7, 11) is 1.65. The lowest BCUT2D eigenvalue weighted by Crippen LogP contribution is -2.50. The van der Waals surface area contributed by atoms with Crippen LogP contribution >= 0.6 is 0 Å². The summed E-state index contributed by atoms with van der Waals surface area (Å²) in [6.07, 6.45) is 1.84. The van der Waals surface area contributed by atoms with E-state index in [-0.39, 0.29) is 30.9 Å². The van der Waals surface area contributed by atoms with Crippen molar-refractivity contribution >= 4 is 17.6 Å². The average molecular weight is 414 g/mol. The van der Waals surface area contributed by atoms with Crippen molar-refractivity contribution in [3.05, 3.63) is 59.9 Å². The summed E-state index contributed by atoms with van der Waals surface area (Å²) in [6.45, 7) is 1.73. The Labute approximate surface area is 175 Å². The fraction of sp³-hybridized carbons (Fsp3) is 0.364. The summed E-state index contributed by atoms with van der Waals surface area (Å²) in [5.74, 6) is 0.245. The molecule has 1 fully saturated rings. The normalized spacial score (nSPS) is 15.9. The van der Waals surface area contributed by atoms with Crippen LogP contribution in [0.1, 0.15) is 18.4 Å². The van der Waals surface area contributed by atoms with Crippen LogP contribution < -0.4 is 25.6 Å². The second-order valence-electron chi connectivity index (χ2n) is 7.19. The van der Waals surface area contributed by atoms with Gasteiger partial charge in [-0.3, -0.25) is 4.79 Å². The lowest BCUT2D eigenvalue weighted by atomic mass is 10.0. The van der Waals surface area contributed by atoms with Crippen molar-refractivity contribution in [1.29, 1.82) is 0 Å². The molecule has 1 heterocycles. The maximum atomic E-state index is 12.9. The molecular weight excluding hydrogens is 387 g/mol. The number of urea groups is 1. The smallest absolute Gasteiger partial charge is 0.315 e. The molecule has 0 bridgehead atoms. The fourth-order valence-electron chi connectivity index (χ4n) is 3.49. The van der Waals surface area contributed by atoms with Gasteiger partial charge < -0.3 is 25.6 Å². The predicted molar refractivity (Wildman–Crippen MR) is 113 cm³/mol. The van der Waals surface area contributed by atoms with Crippen LogP contribution in [0.3, 0.4) is 0 Å². The Bertz CT molecular complexity index is 860. The van der Waals surface area contributed by atoms with Crippen LogP contribution in [-0.2, 0) is 11.3 Å². The van der Waals surface area contributed by atoms with Crippen molar-refractivity contribution in [2.45, 2.75) is 25.4 Å². The van der Waals surface area contributed by atoms with E-state index in [1.807, 2.05) is 24.3 Å². The maximum Gasteiger partial charge on any atom is 0.315 e. The first-order chi connectivity index (χ1) is 14.5. The van der Waals surface area contributed by atoms with E-state index >= 15 is 0 Å². The number of hydrogen-bond acceptors (Lipinski definition) is 4. The van der Waals surface area contributed by atoms with E-state index in [2.05, 4.69) is 20.9 Å². The monoisotopic (exact) mass is 414 g/mol. The first kappa shape index (κ1) is 21.4. The molecule has 0 spiro atoms. The van der Waals surface area contributed by atoms with Gasteiger partial charge in [-0.25, -0.2) is 9.18 Å². The van der Waals surface area contributed by atoms with Crippen LogP contribution in [0, 0.1) is 5.82 Å². The van der Waals surface area contributed by atoms with Crippen LogP contribution in [-0.4, -0.2) is 44.7 Å². The van der Waals surface area contributed by atoms with Gasteiger partial charge in [-0.2, -0.15) is 0 Å².